The number of aromatic amines is 1. The van der Waals surface area contributed by atoms with Gasteiger partial charge in [0.15, 0.2) is 11.2 Å². The number of nitrogens with one attached hydrogen (secondary N) is 2. The molecule has 14 nitrogen and oxygen atoms in total. The fraction of sp³-hybridized carbons (Fsp3) is 0.417. The number of alkyl halides is 3. The second kappa shape index (κ2) is 14.8. The molecule has 7 N–H and O–H groups in total. The first kappa shape index (κ1) is 32.7. The molecule has 2 aromatic heterocycles. The summed E-state index contributed by atoms with van der Waals surface area (Å²) in [5, 5.41) is 9.81. The molecule has 0 unspecified atom stereocenters. The number of esters is 1. The monoisotopic (exact) mass is 585 g/mol. The number of nitrogens with two attached hydrogens (primary N) is 2. The lowest BCUT2D eigenvalue weighted by Crippen LogP contribution is -2.51. The summed E-state index contributed by atoms with van der Waals surface area (Å²) in [7, 11) is 0. The third-order valence-corrected chi connectivity index (χ3v) is 5.29. The second-order valence-corrected chi connectivity index (χ2v) is 8.87. The predicted molar refractivity (Wildman–Crippen MR) is 138 cm³/mol. The first-order chi connectivity index (χ1) is 19.2. The first-order valence-corrected chi connectivity index (χ1v) is 12.1. The number of anilines is 1. The van der Waals surface area contributed by atoms with E-state index < -0.39 is 41.7 Å². The van der Waals surface area contributed by atoms with Gasteiger partial charge in [-0.3, -0.25) is 19.1 Å². The largest absolute Gasteiger partial charge is 0.490 e. The average Bonchev–Trinajstić information content (AvgIpc) is 3.29. The zero-order valence-electron chi connectivity index (χ0n) is 22.1. The lowest BCUT2D eigenvalue weighted by atomic mass is 10.0. The number of hydrogen-bond acceptors (Lipinski definition) is 10. The minimum atomic E-state index is -5.08. The van der Waals surface area contributed by atoms with E-state index in [0.29, 0.717) is 6.42 Å². The molecule has 3 rings (SSSR count). The van der Waals surface area contributed by atoms with Gasteiger partial charge in [-0.2, -0.15) is 18.2 Å². The number of amides is 1. The fourth-order valence-electron chi connectivity index (χ4n) is 3.24. The summed E-state index contributed by atoms with van der Waals surface area (Å²) in [4.78, 5) is 56.1. The van der Waals surface area contributed by atoms with E-state index in [-0.39, 0.29) is 43.0 Å². The minimum absolute atomic E-state index is 0.0292. The summed E-state index contributed by atoms with van der Waals surface area (Å²) in [6.45, 7) is 3.68. The van der Waals surface area contributed by atoms with Crippen molar-refractivity contribution in [3.05, 3.63) is 52.6 Å². The Morgan fingerprint density at radius 2 is 1.80 bits per heavy atom. The van der Waals surface area contributed by atoms with E-state index >= 15 is 0 Å². The molecule has 2 heterocycles. The van der Waals surface area contributed by atoms with Crippen molar-refractivity contribution >= 4 is 35.0 Å². The Hall–Kier alpha value is -4.51. The number of carbonyl (C=O) groups excluding carboxylic acids is 2. The molecule has 41 heavy (non-hydrogen) atoms. The van der Waals surface area contributed by atoms with Crippen LogP contribution in [0.1, 0.15) is 19.4 Å². The molecular formula is C24H30F3N7O7. The van der Waals surface area contributed by atoms with E-state index in [1.807, 2.05) is 30.3 Å². The Morgan fingerprint density at radius 3 is 2.39 bits per heavy atom. The number of imidazole rings is 1. The molecule has 224 valence electrons. The van der Waals surface area contributed by atoms with Gasteiger partial charge in [0.2, 0.25) is 11.9 Å². The van der Waals surface area contributed by atoms with Gasteiger partial charge in [0.25, 0.3) is 5.56 Å². The number of carboxylic acids is 1. The van der Waals surface area contributed by atoms with Crippen molar-refractivity contribution in [2.45, 2.75) is 45.3 Å². The number of carbonyl (C=O) groups is 3. The van der Waals surface area contributed by atoms with Crippen LogP contribution in [0.5, 0.6) is 0 Å². The van der Waals surface area contributed by atoms with Crippen LogP contribution in [0, 0.1) is 5.92 Å². The van der Waals surface area contributed by atoms with Gasteiger partial charge in [-0.25, -0.2) is 14.6 Å². The molecule has 0 spiro atoms. The number of nitrogens with zero attached hydrogens (tertiary/aromatic N) is 3. The number of fused-ring (bicyclic) bond motifs is 1. The topological polar surface area (TPSA) is 218 Å². The molecule has 0 aliphatic rings. The molecule has 0 saturated carbocycles. The summed E-state index contributed by atoms with van der Waals surface area (Å²) < 4.78 is 44.0. The highest BCUT2D eigenvalue weighted by Gasteiger charge is 2.38. The van der Waals surface area contributed by atoms with Gasteiger partial charge in [0.1, 0.15) is 19.4 Å². The van der Waals surface area contributed by atoms with Crippen LogP contribution in [0.15, 0.2) is 41.5 Å². The van der Waals surface area contributed by atoms with Crippen molar-refractivity contribution in [3.63, 3.8) is 0 Å². The second-order valence-electron chi connectivity index (χ2n) is 8.87. The average molecular weight is 586 g/mol. The first-order valence-electron chi connectivity index (χ1n) is 12.1. The van der Waals surface area contributed by atoms with Crippen LogP contribution in [-0.2, 0) is 37.0 Å². The van der Waals surface area contributed by atoms with Gasteiger partial charge < -0.3 is 31.4 Å². The molecule has 1 amide bonds. The van der Waals surface area contributed by atoms with E-state index in [0.717, 1.165) is 5.56 Å². The molecule has 0 saturated heterocycles. The summed E-state index contributed by atoms with van der Waals surface area (Å²) >= 11 is 0. The molecule has 0 fully saturated rings. The van der Waals surface area contributed by atoms with E-state index in [2.05, 4.69) is 20.3 Å². The number of rotatable bonds is 11. The van der Waals surface area contributed by atoms with Crippen molar-refractivity contribution in [1.82, 2.24) is 24.8 Å². The number of benzene rings is 1. The summed E-state index contributed by atoms with van der Waals surface area (Å²) in [5.74, 6) is -3.99. The maximum absolute atomic E-state index is 12.5. The van der Waals surface area contributed by atoms with Crippen LogP contribution in [0.25, 0.3) is 11.2 Å². The Labute approximate surface area is 230 Å². The Morgan fingerprint density at radius 1 is 1.17 bits per heavy atom. The van der Waals surface area contributed by atoms with Crippen molar-refractivity contribution in [1.29, 1.82) is 0 Å². The number of hydrogen-bond donors (Lipinski definition) is 5. The Kier molecular flexibility index (Phi) is 11.8. The molecule has 2 atom stereocenters. The zero-order chi connectivity index (χ0) is 30.7. The maximum atomic E-state index is 12.5. The van der Waals surface area contributed by atoms with Gasteiger partial charge in [0, 0.05) is 0 Å². The van der Waals surface area contributed by atoms with Crippen molar-refractivity contribution < 1.29 is 42.1 Å². The lowest BCUT2D eigenvalue weighted by molar-refractivity contribution is -0.192. The highest BCUT2D eigenvalue weighted by molar-refractivity contribution is 5.87. The number of aliphatic carboxylic acids is 1. The van der Waals surface area contributed by atoms with Crippen molar-refractivity contribution in [2.75, 3.05) is 18.9 Å². The third kappa shape index (κ3) is 10.2. The quantitative estimate of drug-likeness (QED) is 0.155. The SMILES string of the molecule is CC(C)[C@H](NC(=O)[C@@H](N)Cc1ccccc1)C(=O)OCCOCn1cnc2c(=O)[nH]c(N)nc21.O=C(O)C(F)(F)F. The van der Waals surface area contributed by atoms with E-state index in [4.69, 9.17) is 30.8 Å². The van der Waals surface area contributed by atoms with Crippen molar-refractivity contribution in [3.8, 4) is 0 Å². The van der Waals surface area contributed by atoms with Crippen LogP contribution in [0.4, 0.5) is 19.1 Å². The van der Waals surface area contributed by atoms with E-state index in [1.165, 1.54) is 10.9 Å². The lowest BCUT2D eigenvalue weighted by Gasteiger charge is -2.22. The molecule has 0 bridgehead atoms. The summed E-state index contributed by atoms with van der Waals surface area (Å²) in [5.41, 5.74) is 12.5. The van der Waals surface area contributed by atoms with Gasteiger partial charge in [-0.05, 0) is 17.9 Å². The molecule has 17 heteroatoms. The van der Waals surface area contributed by atoms with E-state index in [1.54, 1.807) is 13.8 Å². The third-order valence-electron chi connectivity index (χ3n) is 5.29. The Bertz CT molecular complexity index is 1380. The standard InChI is InChI=1S/C22H29N7O5.C2HF3O2/c1-13(2)16(26-19(30)15(23)10-14-6-4-3-5-7-14)21(32)34-9-8-33-12-29-11-25-17-18(29)27-22(24)28-20(17)31;3-2(4,5)1(6)7/h3-7,11,13,15-16H,8-10,12,23H2,1-2H3,(H,26,30)(H3,24,27,28,31);(H,6,7)/t15-,16-;/m0./s1. The maximum Gasteiger partial charge on any atom is 0.490 e. The number of carboxylic acid groups (broad SMARTS) is 1. The highest BCUT2D eigenvalue weighted by Crippen LogP contribution is 2.13. The zero-order valence-corrected chi connectivity index (χ0v) is 22.1. The van der Waals surface area contributed by atoms with Gasteiger partial charge >= 0.3 is 18.1 Å². The molecular weight excluding hydrogens is 555 g/mol. The van der Waals surface area contributed by atoms with Crippen LogP contribution < -0.4 is 22.3 Å². The number of ether oxygens (including phenoxy) is 2. The highest BCUT2D eigenvalue weighted by atomic mass is 19.4. The smallest absolute Gasteiger partial charge is 0.475 e. The Balaban J connectivity index is 0.000000745. The number of aromatic nitrogens is 4. The fourth-order valence-corrected chi connectivity index (χ4v) is 3.24. The van der Waals surface area contributed by atoms with Gasteiger partial charge in [-0.1, -0.05) is 44.2 Å². The van der Waals surface area contributed by atoms with Gasteiger partial charge in [-0.15, -0.1) is 0 Å². The molecule has 0 aliphatic heterocycles. The van der Waals surface area contributed by atoms with Crippen LogP contribution in [-0.4, -0.2) is 73.9 Å². The van der Waals surface area contributed by atoms with Crippen LogP contribution >= 0.6 is 0 Å². The van der Waals surface area contributed by atoms with Gasteiger partial charge in [0.05, 0.1) is 19.0 Å². The van der Waals surface area contributed by atoms with Crippen LogP contribution in [0.2, 0.25) is 0 Å². The molecule has 3 aromatic rings. The normalized spacial score (nSPS) is 12.8. The molecule has 0 radical (unpaired) electrons. The van der Waals surface area contributed by atoms with Crippen molar-refractivity contribution in [2.24, 2.45) is 11.7 Å². The summed E-state index contributed by atoms with van der Waals surface area (Å²) in [6, 6.07) is 7.77. The van der Waals surface area contributed by atoms with Crippen LogP contribution in [0.3, 0.4) is 0 Å². The van der Waals surface area contributed by atoms with E-state index in [9.17, 15) is 27.6 Å². The molecule has 0 aliphatic carbocycles. The minimum Gasteiger partial charge on any atom is -0.475 e. The molecule has 1 aromatic carbocycles. The number of halogens is 3. The number of nitrogen functional groups attached to an aromatic ring is 1. The predicted octanol–water partition coefficient (Wildman–Crippen LogP) is 0.563. The number of H-pyrrole nitrogens is 1. The summed E-state index contributed by atoms with van der Waals surface area (Å²) in [6.07, 6.45) is -3.32.